The molecular formula is C20H21N3O5. The van der Waals surface area contributed by atoms with Gasteiger partial charge in [-0.15, -0.1) is 0 Å². The Labute approximate surface area is 161 Å². The summed E-state index contributed by atoms with van der Waals surface area (Å²) >= 11 is 0. The molecule has 0 fully saturated rings. The van der Waals surface area contributed by atoms with Crippen molar-refractivity contribution in [3.63, 3.8) is 0 Å². The van der Waals surface area contributed by atoms with E-state index in [4.69, 9.17) is 20.0 Å². The number of nitrogens with two attached hydrogens (primary N) is 1. The van der Waals surface area contributed by atoms with Gasteiger partial charge in [-0.1, -0.05) is 12.1 Å². The van der Waals surface area contributed by atoms with E-state index in [9.17, 15) is 9.59 Å². The molecule has 146 valence electrons. The second kappa shape index (κ2) is 8.12. The van der Waals surface area contributed by atoms with E-state index in [1.165, 1.54) is 13.2 Å². The van der Waals surface area contributed by atoms with Crippen molar-refractivity contribution in [2.24, 2.45) is 5.73 Å². The van der Waals surface area contributed by atoms with Crippen LogP contribution in [0.2, 0.25) is 0 Å². The normalized spacial score (nSPS) is 11.9. The summed E-state index contributed by atoms with van der Waals surface area (Å²) in [5.41, 5.74) is 7.33. The van der Waals surface area contributed by atoms with Crippen LogP contribution in [0.4, 0.5) is 17.1 Å². The molecule has 0 aliphatic carbocycles. The maximum atomic E-state index is 12.1. The fourth-order valence-corrected chi connectivity index (χ4v) is 2.82. The molecule has 1 heterocycles. The minimum atomic E-state index is -1.05. The predicted molar refractivity (Wildman–Crippen MR) is 107 cm³/mol. The molecule has 3 aromatic rings. The van der Waals surface area contributed by atoms with Crippen molar-refractivity contribution in [3.8, 4) is 5.75 Å². The van der Waals surface area contributed by atoms with Crippen LogP contribution < -0.4 is 26.3 Å². The standard InChI is InChI=1S/C20H21N3O5/c1-23(16-10-19(25)28-17-6-4-3-5-13(16)17)12-7-8-18(27-2)15(9-12)22-20(26)14(21)11-24/h3-10,14,24H,11,21H2,1-2H3,(H,22,26). The predicted octanol–water partition coefficient (Wildman–Crippen LogP) is 1.83. The molecular weight excluding hydrogens is 362 g/mol. The van der Waals surface area contributed by atoms with E-state index in [0.717, 1.165) is 5.39 Å². The van der Waals surface area contributed by atoms with Crippen molar-refractivity contribution in [2.75, 3.05) is 31.0 Å². The number of benzene rings is 2. The summed E-state index contributed by atoms with van der Waals surface area (Å²) in [5, 5.41) is 12.5. The number of nitrogens with one attached hydrogen (secondary N) is 1. The number of aliphatic hydroxyl groups excluding tert-OH is 1. The zero-order chi connectivity index (χ0) is 20.3. The topological polar surface area (TPSA) is 118 Å². The van der Waals surface area contributed by atoms with Crippen LogP contribution in [0.15, 0.2) is 57.7 Å². The van der Waals surface area contributed by atoms with E-state index in [2.05, 4.69) is 5.32 Å². The maximum absolute atomic E-state index is 12.1. The van der Waals surface area contributed by atoms with Crippen LogP contribution in [-0.4, -0.2) is 37.8 Å². The van der Waals surface area contributed by atoms with Gasteiger partial charge < -0.3 is 30.2 Å². The molecule has 0 saturated heterocycles. The molecule has 1 atom stereocenters. The van der Waals surface area contributed by atoms with Crippen LogP contribution in [0.5, 0.6) is 5.75 Å². The molecule has 0 spiro atoms. The van der Waals surface area contributed by atoms with Gasteiger partial charge in [-0.2, -0.15) is 0 Å². The molecule has 28 heavy (non-hydrogen) atoms. The van der Waals surface area contributed by atoms with Crippen LogP contribution in [0, 0.1) is 0 Å². The molecule has 8 heteroatoms. The number of carbonyl (C=O) groups excluding carboxylic acids is 1. The Morgan fingerprint density at radius 2 is 2.04 bits per heavy atom. The molecule has 0 aliphatic rings. The lowest BCUT2D eigenvalue weighted by atomic mass is 10.1. The smallest absolute Gasteiger partial charge is 0.338 e. The van der Waals surface area contributed by atoms with Gasteiger partial charge in [0.25, 0.3) is 0 Å². The Morgan fingerprint density at radius 1 is 1.29 bits per heavy atom. The Balaban J connectivity index is 2.03. The van der Waals surface area contributed by atoms with Crippen LogP contribution >= 0.6 is 0 Å². The molecule has 1 amide bonds. The van der Waals surface area contributed by atoms with Crippen molar-refractivity contribution in [1.29, 1.82) is 0 Å². The molecule has 8 nitrogen and oxygen atoms in total. The fourth-order valence-electron chi connectivity index (χ4n) is 2.82. The van der Waals surface area contributed by atoms with Gasteiger partial charge >= 0.3 is 5.63 Å². The number of methoxy groups -OCH3 is 1. The molecule has 0 radical (unpaired) electrons. The largest absolute Gasteiger partial charge is 0.495 e. The van der Waals surface area contributed by atoms with E-state index in [1.807, 2.05) is 12.1 Å². The van der Waals surface area contributed by atoms with E-state index >= 15 is 0 Å². The van der Waals surface area contributed by atoms with Gasteiger partial charge in [0.2, 0.25) is 5.91 Å². The summed E-state index contributed by atoms with van der Waals surface area (Å²) in [6.45, 7) is -0.473. The number of ether oxygens (including phenoxy) is 1. The fraction of sp³-hybridized carbons (Fsp3) is 0.200. The highest BCUT2D eigenvalue weighted by Crippen LogP contribution is 2.34. The molecule has 1 unspecified atom stereocenters. The molecule has 1 aromatic heterocycles. The summed E-state index contributed by atoms with van der Waals surface area (Å²) in [7, 11) is 3.28. The highest BCUT2D eigenvalue weighted by atomic mass is 16.5. The summed E-state index contributed by atoms with van der Waals surface area (Å²) < 4.78 is 10.5. The summed E-state index contributed by atoms with van der Waals surface area (Å²) in [4.78, 5) is 25.8. The third-order valence-corrected chi connectivity index (χ3v) is 4.35. The number of carbonyl (C=O) groups is 1. The van der Waals surface area contributed by atoms with Crippen molar-refractivity contribution < 1.29 is 19.1 Å². The first-order chi connectivity index (χ1) is 13.4. The number of nitrogens with zero attached hydrogens (tertiary/aromatic N) is 1. The zero-order valence-corrected chi connectivity index (χ0v) is 15.5. The number of rotatable bonds is 6. The lowest BCUT2D eigenvalue weighted by molar-refractivity contribution is -0.118. The number of aliphatic hydroxyl groups is 1. The van der Waals surface area contributed by atoms with E-state index < -0.39 is 24.2 Å². The Bertz CT molecular complexity index is 1060. The van der Waals surface area contributed by atoms with Crippen LogP contribution in [-0.2, 0) is 4.79 Å². The van der Waals surface area contributed by atoms with Gasteiger partial charge in [0, 0.05) is 24.2 Å². The minimum absolute atomic E-state index is 0.396. The first-order valence-electron chi connectivity index (χ1n) is 8.56. The van der Waals surface area contributed by atoms with Gasteiger partial charge in [-0.25, -0.2) is 4.79 Å². The van der Waals surface area contributed by atoms with E-state index in [-0.39, 0.29) is 0 Å². The van der Waals surface area contributed by atoms with Crippen LogP contribution in [0.25, 0.3) is 11.0 Å². The Morgan fingerprint density at radius 3 is 2.75 bits per heavy atom. The summed E-state index contributed by atoms with van der Waals surface area (Å²) in [6, 6.07) is 12.8. The lowest BCUT2D eigenvalue weighted by Gasteiger charge is -2.22. The molecule has 0 bridgehead atoms. The summed E-state index contributed by atoms with van der Waals surface area (Å²) in [6.07, 6.45) is 0. The van der Waals surface area contributed by atoms with Crippen LogP contribution in [0.1, 0.15) is 0 Å². The van der Waals surface area contributed by atoms with Crippen molar-refractivity contribution >= 4 is 33.9 Å². The van der Waals surface area contributed by atoms with Gasteiger partial charge in [-0.05, 0) is 30.3 Å². The van der Waals surface area contributed by atoms with Gasteiger partial charge in [0.15, 0.2) is 0 Å². The average Bonchev–Trinajstić information content (AvgIpc) is 2.71. The average molecular weight is 383 g/mol. The number of hydrogen-bond acceptors (Lipinski definition) is 7. The summed E-state index contributed by atoms with van der Waals surface area (Å²) in [5.74, 6) is -0.0977. The first-order valence-corrected chi connectivity index (χ1v) is 8.56. The number of hydrogen-bond donors (Lipinski definition) is 3. The number of anilines is 3. The Hall–Kier alpha value is -3.36. The van der Waals surface area contributed by atoms with E-state index in [1.54, 1.807) is 42.3 Å². The number of amides is 1. The van der Waals surface area contributed by atoms with Crippen molar-refractivity contribution in [3.05, 3.63) is 59.0 Å². The Kier molecular flexibility index (Phi) is 5.62. The van der Waals surface area contributed by atoms with Crippen LogP contribution in [0.3, 0.4) is 0 Å². The minimum Gasteiger partial charge on any atom is -0.495 e. The molecule has 3 rings (SSSR count). The van der Waals surface area contributed by atoms with Crippen molar-refractivity contribution in [1.82, 2.24) is 0 Å². The zero-order valence-electron chi connectivity index (χ0n) is 15.5. The quantitative estimate of drug-likeness (QED) is 0.556. The third-order valence-electron chi connectivity index (χ3n) is 4.35. The van der Waals surface area contributed by atoms with E-state index in [0.29, 0.717) is 28.4 Å². The van der Waals surface area contributed by atoms with Gasteiger partial charge in [0.05, 0.1) is 25.1 Å². The molecule has 4 N–H and O–H groups in total. The third kappa shape index (κ3) is 3.83. The maximum Gasteiger partial charge on any atom is 0.338 e. The lowest BCUT2D eigenvalue weighted by Crippen LogP contribution is -2.38. The highest BCUT2D eigenvalue weighted by molar-refractivity contribution is 5.97. The van der Waals surface area contributed by atoms with Gasteiger partial charge in [0.1, 0.15) is 17.4 Å². The van der Waals surface area contributed by atoms with Crippen molar-refractivity contribution in [2.45, 2.75) is 6.04 Å². The SMILES string of the molecule is COc1ccc(N(C)c2cc(=O)oc3ccccc23)cc1NC(=O)C(N)CO. The monoisotopic (exact) mass is 383 g/mol. The second-order valence-corrected chi connectivity index (χ2v) is 6.17. The molecule has 0 saturated carbocycles. The highest BCUT2D eigenvalue weighted by Gasteiger charge is 2.17. The molecule has 0 aliphatic heterocycles. The first kappa shape index (κ1) is 19.4. The second-order valence-electron chi connectivity index (χ2n) is 6.17. The number of fused-ring (bicyclic) bond motifs is 1. The molecule has 2 aromatic carbocycles. The van der Waals surface area contributed by atoms with Gasteiger partial charge in [-0.3, -0.25) is 4.79 Å². The number of para-hydroxylation sites is 1.